The molecule has 0 unspecified atom stereocenters. The highest BCUT2D eigenvalue weighted by Crippen LogP contribution is 2.34. The third kappa shape index (κ3) is 11.6. The molecule has 1 saturated heterocycles. The Balaban J connectivity index is 2.08. The van der Waals surface area contributed by atoms with Gasteiger partial charge in [0.05, 0.1) is 31.3 Å². The number of ether oxygens (including phenoxy) is 3. The summed E-state index contributed by atoms with van der Waals surface area (Å²) in [5.74, 6) is -1.99. The van der Waals surface area contributed by atoms with Crippen LogP contribution in [-0.4, -0.2) is 120 Å². The second kappa shape index (κ2) is 18.0. The Morgan fingerprint density at radius 2 is 1.81 bits per heavy atom. The van der Waals surface area contributed by atoms with Gasteiger partial charge in [-0.25, -0.2) is 9.59 Å². The van der Waals surface area contributed by atoms with Gasteiger partial charge in [-0.15, -0.1) is 6.42 Å². The number of halogens is 1. The molecule has 1 aromatic carbocycles. The second-order valence-electron chi connectivity index (χ2n) is 10.5. The zero-order chi connectivity index (χ0) is 32.0. The molecule has 3 amide bonds. The van der Waals surface area contributed by atoms with Crippen molar-refractivity contribution in [2.75, 3.05) is 40.5 Å². The molecule has 6 atom stereocenters. The summed E-state index contributed by atoms with van der Waals surface area (Å²) in [5, 5.41) is 48.4. The number of hydrogen-bond acceptors (Lipinski definition) is 9. The van der Waals surface area contributed by atoms with Crippen LogP contribution in [0.1, 0.15) is 37.7 Å². The van der Waals surface area contributed by atoms with Crippen LogP contribution < -0.4 is 10.6 Å². The number of aliphatic carboxylic acids is 1. The third-order valence-corrected chi connectivity index (χ3v) is 7.07. The summed E-state index contributed by atoms with van der Waals surface area (Å²) >= 11 is 5.86. The Hall–Kier alpha value is -2.96. The van der Waals surface area contributed by atoms with Crippen molar-refractivity contribution in [2.45, 2.75) is 74.8 Å². The van der Waals surface area contributed by atoms with Gasteiger partial charge in [0.2, 0.25) is 5.91 Å². The van der Waals surface area contributed by atoms with Crippen molar-refractivity contribution in [1.82, 2.24) is 15.5 Å². The number of urea groups is 1. The van der Waals surface area contributed by atoms with Gasteiger partial charge in [-0.3, -0.25) is 4.79 Å². The van der Waals surface area contributed by atoms with E-state index >= 15 is 0 Å². The summed E-state index contributed by atoms with van der Waals surface area (Å²) in [5.41, 5.74) is 0.669. The lowest BCUT2D eigenvalue weighted by Crippen LogP contribution is -2.68. The van der Waals surface area contributed by atoms with Gasteiger partial charge in [-0.2, -0.15) is 0 Å². The van der Waals surface area contributed by atoms with E-state index in [-0.39, 0.29) is 19.6 Å². The van der Waals surface area contributed by atoms with Gasteiger partial charge in [0.1, 0.15) is 18.8 Å². The number of amides is 3. The molecule has 2 rings (SSSR count). The summed E-state index contributed by atoms with van der Waals surface area (Å²) in [4.78, 5) is 38.4. The number of rotatable bonds is 17. The SMILES string of the molecule is C#CCOCCCCCCO[C@]1(C(=O)O)C[C@H](O)[C@@H](NC(=O)N(C)C)[C@H]([C@H](O)[C@H](O)CNC(=O)Cc2ccc(Cl)cc2)O1. The highest BCUT2D eigenvalue weighted by atomic mass is 35.5. The maximum Gasteiger partial charge on any atom is 0.364 e. The van der Waals surface area contributed by atoms with Gasteiger partial charge in [0.25, 0.3) is 5.79 Å². The molecule has 0 bridgehead atoms. The fraction of sp³-hybridized carbons (Fsp3) is 0.621. The number of carboxylic acids is 1. The van der Waals surface area contributed by atoms with Crippen LogP contribution >= 0.6 is 11.6 Å². The fourth-order valence-electron chi connectivity index (χ4n) is 4.42. The summed E-state index contributed by atoms with van der Waals surface area (Å²) in [6, 6.07) is 4.64. The maximum atomic E-state index is 12.4. The van der Waals surface area contributed by atoms with E-state index in [2.05, 4.69) is 16.6 Å². The number of nitrogens with zero attached hydrogens (tertiary/aromatic N) is 1. The zero-order valence-electron chi connectivity index (χ0n) is 24.4. The first-order chi connectivity index (χ1) is 20.4. The molecule has 1 aromatic rings. The smallest absolute Gasteiger partial charge is 0.364 e. The number of carboxylic acid groups (broad SMARTS) is 1. The van der Waals surface area contributed by atoms with Crippen LogP contribution in [0.5, 0.6) is 0 Å². The summed E-state index contributed by atoms with van der Waals surface area (Å²) in [7, 11) is 2.90. The molecule has 1 aliphatic rings. The highest BCUT2D eigenvalue weighted by molar-refractivity contribution is 6.30. The van der Waals surface area contributed by atoms with Gasteiger partial charge >= 0.3 is 12.0 Å². The van der Waals surface area contributed by atoms with E-state index in [1.165, 1.54) is 19.0 Å². The molecule has 0 aliphatic carbocycles. The minimum absolute atomic E-state index is 0.0198. The van der Waals surface area contributed by atoms with Gasteiger partial charge in [0, 0.05) is 38.7 Å². The molecule has 0 spiro atoms. The van der Waals surface area contributed by atoms with Crippen LogP contribution in [0.2, 0.25) is 5.02 Å². The monoisotopic (exact) mass is 627 g/mol. The van der Waals surface area contributed by atoms with E-state index in [1.54, 1.807) is 24.3 Å². The number of aliphatic hydroxyl groups is 3. The van der Waals surface area contributed by atoms with Crippen molar-refractivity contribution < 1.29 is 49.0 Å². The van der Waals surface area contributed by atoms with E-state index < -0.39 is 67.1 Å². The maximum absolute atomic E-state index is 12.4. The molecule has 1 heterocycles. The van der Waals surface area contributed by atoms with Gasteiger partial charge < -0.3 is 50.2 Å². The molecular weight excluding hydrogens is 586 g/mol. The van der Waals surface area contributed by atoms with Crippen molar-refractivity contribution in [3.05, 3.63) is 34.9 Å². The number of nitrogens with one attached hydrogen (secondary N) is 2. The van der Waals surface area contributed by atoms with E-state index in [4.69, 9.17) is 32.2 Å². The minimum Gasteiger partial charge on any atom is -0.477 e. The number of unbranched alkanes of at least 4 members (excludes halogenated alkanes) is 3. The molecule has 0 radical (unpaired) electrons. The molecule has 1 fully saturated rings. The van der Waals surface area contributed by atoms with Crippen molar-refractivity contribution in [3.63, 3.8) is 0 Å². The van der Waals surface area contributed by atoms with E-state index in [1.807, 2.05) is 0 Å². The summed E-state index contributed by atoms with van der Waals surface area (Å²) in [6.45, 7) is 0.273. The standard InChI is InChI=1S/C29H42ClN3O10/c1-4-13-41-14-7-5-6-8-15-42-29(27(38)39)17-21(34)24(32-28(40)33(2)3)26(43-29)25(37)22(35)18-31-23(36)16-19-9-11-20(30)12-10-19/h1,9-12,21-22,24-26,34-35,37H,5-8,13-18H2,2-3H3,(H,31,36)(H,32,40)(H,38,39)/t21-,22+,24+,25+,26+,29+/m0/s1. The van der Waals surface area contributed by atoms with Crippen molar-refractivity contribution in [1.29, 1.82) is 0 Å². The first-order valence-electron chi connectivity index (χ1n) is 14.0. The first kappa shape index (κ1) is 36.2. The van der Waals surface area contributed by atoms with Crippen LogP contribution in [0, 0.1) is 12.3 Å². The largest absolute Gasteiger partial charge is 0.477 e. The topological polar surface area (TPSA) is 187 Å². The number of carbonyl (C=O) groups is 3. The fourth-order valence-corrected chi connectivity index (χ4v) is 4.55. The Morgan fingerprint density at radius 1 is 1.16 bits per heavy atom. The van der Waals surface area contributed by atoms with Crippen LogP contribution in [0.15, 0.2) is 24.3 Å². The lowest BCUT2D eigenvalue weighted by molar-refractivity contribution is -0.310. The third-order valence-electron chi connectivity index (χ3n) is 6.82. The molecule has 14 heteroatoms. The Morgan fingerprint density at radius 3 is 2.42 bits per heavy atom. The average molecular weight is 628 g/mol. The molecule has 6 N–H and O–H groups in total. The van der Waals surface area contributed by atoms with Crippen molar-refractivity contribution in [2.24, 2.45) is 0 Å². The van der Waals surface area contributed by atoms with Crippen LogP contribution in [0.25, 0.3) is 0 Å². The highest BCUT2D eigenvalue weighted by Gasteiger charge is 2.55. The van der Waals surface area contributed by atoms with E-state index in [0.29, 0.717) is 30.0 Å². The first-order valence-corrected chi connectivity index (χ1v) is 14.4. The summed E-state index contributed by atoms with van der Waals surface area (Å²) < 4.78 is 16.6. The molecular formula is C29H42ClN3O10. The molecule has 13 nitrogen and oxygen atoms in total. The van der Waals surface area contributed by atoms with Gasteiger partial charge in [0.15, 0.2) is 0 Å². The number of terminal acetylenes is 1. The lowest BCUT2D eigenvalue weighted by Gasteiger charge is -2.46. The van der Waals surface area contributed by atoms with Crippen LogP contribution in [0.4, 0.5) is 4.79 Å². The normalized spacial score (nSPS) is 23.0. The van der Waals surface area contributed by atoms with Crippen molar-refractivity contribution >= 4 is 29.5 Å². The predicted octanol–water partition coefficient (Wildman–Crippen LogP) is 0.518. The van der Waals surface area contributed by atoms with Gasteiger partial charge in [-0.05, 0) is 30.5 Å². The number of aliphatic hydroxyl groups excluding tert-OH is 3. The van der Waals surface area contributed by atoms with Crippen LogP contribution in [-0.2, 0) is 30.2 Å². The average Bonchev–Trinajstić information content (AvgIpc) is 2.96. The number of carbonyl (C=O) groups excluding carboxylic acids is 2. The molecule has 240 valence electrons. The molecule has 1 aliphatic heterocycles. The molecule has 43 heavy (non-hydrogen) atoms. The quantitative estimate of drug-likeness (QED) is 0.105. The second-order valence-corrected chi connectivity index (χ2v) is 10.9. The van der Waals surface area contributed by atoms with Gasteiger partial charge in [-0.1, -0.05) is 42.5 Å². The van der Waals surface area contributed by atoms with E-state index in [9.17, 15) is 34.8 Å². The Labute approximate surface area is 256 Å². The van der Waals surface area contributed by atoms with E-state index in [0.717, 1.165) is 12.8 Å². The molecule has 0 saturated carbocycles. The zero-order valence-corrected chi connectivity index (χ0v) is 25.2. The Bertz CT molecular complexity index is 1080. The predicted molar refractivity (Wildman–Crippen MR) is 156 cm³/mol. The van der Waals surface area contributed by atoms with Crippen molar-refractivity contribution in [3.8, 4) is 12.3 Å². The lowest BCUT2D eigenvalue weighted by atomic mass is 9.88. The Kier molecular flexibility index (Phi) is 15.2. The van der Waals surface area contributed by atoms with Crippen LogP contribution in [0.3, 0.4) is 0 Å². The summed E-state index contributed by atoms with van der Waals surface area (Å²) in [6.07, 6.45) is 0.603. The minimum atomic E-state index is -2.36. The molecule has 0 aromatic heterocycles. The number of hydrogen-bond donors (Lipinski definition) is 6. The number of benzene rings is 1.